The van der Waals surface area contributed by atoms with Gasteiger partial charge in [0, 0.05) is 11.4 Å². The van der Waals surface area contributed by atoms with Gasteiger partial charge < -0.3 is 29.6 Å². The van der Waals surface area contributed by atoms with Gasteiger partial charge in [0.25, 0.3) is 0 Å². The maximum atomic E-state index is 12.3. The zero-order valence-corrected chi connectivity index (χ0v) is 21.8. The van der Waals surface area contributed by atoms with Crippen molar-refractivity contribution in [1.82, 2.24) is 0 Å². The van der Waals surface area contributed by atoms with Crippen molar-refractivity contribution in [2.24, 2.45) is 22.7 Å². The van der Waals surface area contributed by atoms with Crippen LogP contribution in [0.5, 0.6) is 0 Å². The van der Waals surface area contributed by atoms with E-state index in [9.17, 15) is 29.7 Å². The second-order valence-electron chi connectivity index (χ2n) is 9.87. The van der Waals surface area contributed by atoms with Gasteiger partial charge in [-0.15, -0.1) is 0 Å². The normalized spacial score (nSPS) is 37.2. The van der Waals surface area contributed by atoms with Crippen LogP contribution < -0.4 is 34.7 Å². The molecular weight excluding hydrogens is 439 g/mol. The topological polar surface area (TPSA) is 133 Å². The van der Waals surface area contributed by atoms with E-state index in [1.165, 1.54) is 0 Å². The second-order valence-corrected chi connectivity index (χ2v) is 9.87. The number of hydrogen-bond donors (Lipinski definition) is 2. The molecule has 0 aromatic heterocycles. The van der Waals surface area contributed by atoms with Crippen molar-refractivity contribution >= 4 is 17.9 Å². The number of allylic oxidation sites excluding steroid dienone is 2. The SMILES string of the molecule is C=C1CCC2[C@](C)(CC[C@@H](O)[C@@]2(C)CO)C1C/C=C1/C(=O)OCC1OC(=O)CCC(=O)[O-].[Na+]. The Bertz CT molecular complexity index is 823. The number of cyclic esters (lactones) is 1. The molecule has 1 saturated heterocycles. The van der Waals surface area contributed by atoms with E-state index in [0.29, 0.717) is 12.8 Å². The van der Waals surface area contributed by atoms with Crippen molar-refractivity contribution in [3.8, 4) is 0 Å². The summed E-state index contributed by atoms with van der Waals surface area (Å²) in [6.45, 7) is 8.21. The summed E-state index contributed by atoms with van der Waals surface area (Å²) in [6, 6.07) is 0. The molecule has 33 heavy (non-hydrogen) atoms. The largest absolute Gasteiger partial charge is 1.00 e. The number of rotatable bonds is 7. The summed E-state index contributed by atoms with van der Waals surface area (Å²) in [5, 5.41) is 31.3. The molecule has 8 nitrogen and oxygen atoms in total. The molecule has 0 amide bonds. The molecule has 2 saturated carbocycles. The van der Waals surface area contributed by atoms with Crippen LogP contribution in [0, 0.1) is 22.7 Å². The average molecular weight is 473 g/mol. The summed E-state index contributed by atoms with van der Waals surface area (Å²) < 4.78 is 10.3. The molecule has 3 aliphatic rings. The molecule has 3 unspecified atom stereocenters. The van der Waals surface area contributed by atoms with Crippen molar-refractivity contribution in [2.75, 3.05) is 13.2 Å². The maximum Gasteiger partial charge on any atom is 1.00 e. The van der Waals surface area contributed by atoms with Gasteiger partial charge in [-0.2, -0.15) is 0 Å². The van der Waals surface area contributed by atoms with E-state index < -0.39 is 42.0 Å². The Kier molecular flexibility index (Phi) is 9.38. The number of ether oxygens (including phenoxy) is 2. The van der Waals surface area contributed by atoms with E-state index in [1.807, 2.05) is 6.92 Å². The summed E-state index contributed by atoms with van der Waals surface area (Å²) in [7, 11) is 0. The third-order valence-electron chi connectivity index (χ3n) is 8.02. The fourth-order valence-electron chi connectivity index (χ4n) is 6.07. The van der Waals surface area contributed by atoms with Gasteiger partial charge in [0.1, 0.15) is 6.61 Å². The Morgan fingerprint density at radius 2 is 2.00 bits per heavy atom. The average Bonchev–Trinajstić information content (AvgIpc) is 3.08. The third kappa shape index (κ3) is 5.56. The van der Waals surface area contributed by atoms with Gasteiger partial charge in [-0.25, -0.2) is 4.79 Å². The first-order valence-electron chi connectivity index (χ1n) is 11.3. The van der Waals surface area contributed by atoms with Gasteiger partial charge in [-0.3, -0.25) is 4.79 Å². The van der Waals surface area contributed by atoms with E-state index in [0.717, 1.165) is 24.8 Å². The number of aliphatic hydroxyl groups excluding tert-OH is 2. The number of hydrogen-bond acceptors (Lipinski definition) is 8. The molecule has 3 fully saturated rings. The number of fused-ring (bicyclic) bond motifs is 1. The molecule has 0 aromatic carbocycles. The van der Waals surface area contributed by atoms with E-state index in [2.05, 4.69) is 13.5 Å². The van der Waals surface area contributed by atoms with Crippen LogP contribution in [0.3, 0.4) is 0 Å². The molecule has 2 aliphatic carbocycles. The van der Waals surface area contributed by atoms with Gasteiger partial charge in [-0.1, -0.05) is 32.1 Å². The van der Waals surface area contributed by atoms with E-state index in [4.69, 9.17) is 9.47 Å². The van der Waals surface area contributed by atoms with Gasteiger partial charge in [-0.05, 0) is 55.8 Å². The van der Waals surface area contributed by atoms with Crippen LogP contribution in [-0.4, -0.2) is 53.5 Å². The van der Waals surface area contributed by atoms with Crippen LogP contribution in [0.2, 0.25) is 0 Å². The summed E-state index contributed by atoms with van der Waals surface area (Å²) in [4.78, 5) is 34.7. The van der Waals surface area contributed by atoms with Crippen molar-refractivity contribution in [3.63, 3.8) is 0 Å². The number of carboxylic acid groups (broad SMARTS) is 1. The standard InChI is InChI=1S/C24H34O8.Na/c1-14-4-7-18-23(2,11-10-19(26)24(18,3)13-25)16(14)6-5-15-17(12-31-22(15)30)32-21(29)9-8-20(27)28;/h5,16-19,25-26H,1,4,6-13H2,2-3H3,(H,27,28);/q;+1/p-1/b15-5+;/t16?,17?,18?,19-,23-,24+;/m1./s1. The molecule has 9 heteroatoms. The summed E-state index contributed by atoms with van der Waals surface area (Å²) in [6.07, 6.45) is 3.03. The Morgan fingerprint density at radius 3 is 2.64 bits per heavy atom. The van der Waals surface area contributed by atoms with Crippen LogP contribution in [0.4, 0.5) is 0 Å². The summed E-state index contributed by atoms with van der Waals surface area (Å²) in [5.74, 6) is -2.48. The Labute approximate surface area is 216 Å². The fraction of sp³-hybridized carbons (Fsp3) is 0.708. The third-order valence-corrected chi connectivity index (χ3v) is 8.02. The van der Waals surface area contributed by atoms with Crippen LogP contribution in [0.1, 0.15) is 58.8 Å². The Hall–Kier alpha value is -1.19. The number of carboxylic acids is 1. The first-order chi connectivity index (χ1) is 15.0. The minimum absolute atomic E-state index is 0. The summed E-state index contributed by atoms with van der Waals surface area (Å²) >= 11 is 0. The zero-order chi connectivity index (χ0) is 23.7. The number of carbonyl (C=O) groups excluding carboxylic acids is 3. The Morgan fingerprint density at radius 1 is 1.30 bits per heavy atom. The first-order valence-corrected chi connectivity index (χ1v) is 11.3. The molecule has 0 radical (unpaired) electrons. The predicted molar refractivity (Wildman–Crippen MR) is 112 cm³/mol. The quantitative estimate of drug-likeness (QED) is 0.189. The molecule has 1 aliphatic heterocycles. The molecule has 0 bridgehead atoms. The fourth-order valence-corrected chi connectivity index (χ4v) is 6.07. The molecule has 178 valence electrons. The first kappa shape index (κ1) is 28.1. The van der Waals surface area contributed by atoms with Gasteiger partial charge >= 0.3 is 41.5 Å². The number of aliphatic hydroxyl groups is 2. The van der Waals surface area contributed by atoms with Crippen LogP contribution in [0.25, 0.3) is 0 Å². The predicted octanol–water partition coefficient (Wildman–Crippen LogP) is -1.95. The van der Waals surface area contributed by atoms with E-state index in [1.54, 1.807) is 6.08 Å². The van der Waals surface area contributed by atoms with Crippen molar-refractivity contribution in [1.29, 1.82) is 0 Å². The van der Waals surface area contributed by atoms with Gasteiger partial charge in [0.2, 0.25) is 0 Å². The zero-order valence-electron chi connectivity index (χ0n) is 19.8. The smallest absolute Gasteiger partial charge is 0.550 e. The second kappa shape index (κ2) is 11.0. The molecule has 0 spiro atoms. The molecular formula is C24H33NaO8. The number of carbonyl (C=O) groups is 3. The van der Waals surface area contributed by atoms with Crippen LogP contribution in [-0.2, 0) is 23.9 Å². The van der Waals surface area contributed by atoms with Crippen LogP contribution in [0.15, 0.2) is 23.8 Å². The minimum atomic E-state index is -1.34. The molecule has 0 aromatic rings. The molecule has 2 N–H and O–H groups in total. The number of aliphatic carboxylic acids is 1. The van der Waals surface area contributed by atoms with Crippen molar-refractivity contribution in [2.45, 2.75) is 71.0 Å². The molecule has 3 rings (SSSR count). The van der Waals surface area contributed by atoms with Crippen LogP contribution >= 0.6 is 0 Å². The van der Waals surface area contributed by atoms with Crippen molar-refractivity contribution < 1.29 is 68.7 Å². The minimum Gasteiger partial charge on any atom is -0.550 e. The monoisotopic (exact) mass is 472 g/mol. The van der Waals surface area contributed by atoms with Crippen molar-refractivity contribution in [3.05, 3.63) is 23.8 Å². The number of esters is 2. The van der Waals surface area contributed by atoms with E-state index >= 15 is 0 Å². The summed E-state index contributed by atoms with van der Waals surface area (Å²) in [5.41, 5.74) is 0.534. The van der Waals surface area contributed by atoms with Gasteiger partial charge in [0.05, 0.1) is 24.7 Å². The van der Waals surface area contributed by atoms with E-state index in [-0.39, 0.29) is 72.0 Å². The molecule has 1 heterocycles. The van der Waals surface area contributed by atoms with Gasteiger partial charge in [0.15, 0.2) is 6.10 Å². The maximum absolute atomic E-state index is 12.3. The Balaban J connectivity index is 0.00000385. The molecule has 6 atom stereocenters.